The van der Waals surface area contributed by atoms with Crippen LogP contribution in [0, 0.1) is 20.8 Å². The van der Waals surface area contributed by atoms with Crippen molar-refractivity contribution in [2.24, 2.45) is 0 Å². The van der Waals surface area contributed by atoms with Crippen LogP contribution in [0.25, 0.3) is 22.3 Å². The highest BCUT2D eigenvalue weighted by molar-refractivity contribution is 7.99. The molecule has 1 heterocycles. The minimum absolute atomic E-state index is 0.00196. The van der Waals surface area contributed by atoms with Gasteiger partial charge in [-0.1, -0.05) is 109 Å². The monoisotopic (exact) mass is 756 g/mol. The number of hydrogen-bond acceptors (Lipinski definition) is 5. The molecule has 6 heteroatoms. The van der Waals surface area contributed by atoms with E-state index in [-0.39, 0.29) is 6.42 Å². The van der Waals surface area contributed by atoms with E-state index < -0.39 is 11.6 Å². The molecule has 0 aromatic heterocycles. The average molecular weight is 757 g/mol. The van der Waals surface area contributed by atoms with Crippen LogP contribution in [0.15, 0.2) is 103 Å². The zero-order chi connectivity index (χ0) is 39.5. The lowest BCUT2D eigenvalue weighted by atomic mass is 9.80. The minimum atomic E-state index is -0.801. The summed E-state index contributed by atoms with van der Waals surface area (Å²) in [4.78, 5) is 14.9. The number of carbonyl (C=O) groups is 1. The summed E-state index contributed by atoms with van der Waals surface area (Å²) in [5, 5.41) is 18.6. The number of carboxylic acid groups (broad SMARTS) is 1. The fraction of sp³-hybridized carbons (Fsp3) is 0.367. The van der Waals surface area contributed by atoms with E-state index in [2.05, 4.69) is 139 Å². The number of fused-ring (bicyclic) bond motifs is 3. The second-order valence-corrected chi connectivity index (χ2v) is 16.7. The second-order valence-electron chi connectivity index (χ2n) is 15.9. The molecule has 0 saturated heterocycles. The quantitative estimate of drug-likeness (QED) is 0.0819. The van der Waals surface area contributed by atoms with E-state index in [1.807, 2.05) is 0 Å². The molecule has 0 saturated carbocycles. The van der Waals surface area contributed by atoms with E-state index in [0.29, 0.717) is 0 Å². The number of carboxylic acids is 1. The summed E-state index contributed by atoms with van der Waals surface area (Å²) in [6.45, 7) is 14.5. The van der Waals surface area contributed by atoms with Crippen LogP contribution >= 0.6 is 11.9 Å². The predicted octanol–water partition coefficient (Wildman–Crippen LogP) is 11.8. The number of anilines is 2. The lowest BCUT2D eigenvalue weighted by Crippen LogP contribution is -2.27. The molecule has 0 aliphatic carbocycles. The van der Waals surface area contributed by atoms with Crippen molar-refractivity contribution in [3.05, 3.63) is 142 Å². The highest BCUT2D eigenvalue weighted by Gasteiger charge is 2.31. The summed E-state index contributed by atoms with van der Waals surface area (Å²) in [5.74, 6) is -0.801. The molecule has 0 radical (unpaired) electrons. The summed E-state index contributed by atoms with van der Waals surface area (Å²) in [7, 11) is 0. The highest BCUT2D eigenvalue weighted by Crippen LogP contribution is 2.51. The van der Waals surface area contributed by atoms with Crippen LogP contribution in [-0.4, -0.2) is 41.1 Å². The molecule has 290 valence electrons. The SMILES string of the molecule is CC(C)(C)O.CSN1Cc2ccc(N(CCCCc3ccccc3)CCCCc3ccccc3)cc2-c2c(C)c(-c3ccc(C)cc3)c(CC(=O)O)c(C)c21. The maximum absolute atomic E-state index is 12.3. The number of nitrogens with zero attached hydrogens (tertiary/aromatic N) is 2. The lowest BCUT2D eigenvalue weighted by Gasteiger charge is -2.36. The number of aliphatic carboxylic acids is 1. The first kappa shape index (κ1) is 41.6. The molecule has 0 spiro atoms. The summed E-state index contributed by atoms with van der Waals surface area (Å²) in [5.41, 5.74) is 15.0. The van der Waals surface area contributed by atoms with Gasteiger partial charge in [0, 0.05) is 30.6 Å². The van der Waals surface area contributed by atoms with E-state index in [0.717, 1.165) is 91.7 Å². The normalized spacial score (nSPS) is 12.0. The molecule has 5 nitrogen and oxygen atoms in total. The van der Waals surface area contributed by atoms with E-state index >= 15 is 0 Å². The minimum Gasteiger partial charge on any atom is -0.481 e. The van der Waals surface area contributed by atoms with Crippen LogP contribution in [0.5, 0.6) is 0 Å². The molecular weight excluding hydrogens is 697 g/mol. The summed E-state index contributed by atoms with van der Waals surface area (Å²) < 4.78 is 2.36. The Morgan fingerprint density at radius 2 is 1.29 bits per heavy atom. The second kappa shape index (κ2) is 19.4. The Bertz CT molecular complexity index is 1950. The molecule has 6 rings (SSSR count). The zero-order valence-corrected chi connectivity index (χ0v) is 34.8. The van der Waals surface area contributed by atoms with Crippen molar-refractivity contribution in [1.82, 2.24) is 0 Å². The predicted molar refractivity (Wildman–Crippen MR) is 236 cm³/mol. The van der Waals surface area contributed by atoms with E-state index in [4.69, 9.17) is 5.11 Å². The molecule has 1 aliphatic rings. The Morgan fingerprint density at radius 3 is 1.80 bits per heavy atom. The van der Waals surface area contributed by atoms with Crippen LogP contribution in [0.3, 0.4) is 0 Å². The standard InChI is InChI=1S/C45H50N2O2S.C4H10O/c1-32-21-23-37(24-22-32)43-34(3)44-41-29-39(26-25-38(41)31-47(50-4)45(44)33(2)40(43)30-42(48)49)46(27-13-11-19-35-15-7-5-8-16-35)28-14-12-20-36-17-9-6-10-18-36;1-4(2,3)5/h5-10,15-18,21-26,29H,11-14,19-20,27-28,30-31H2,1-4H3,(H,48,49);5H,1-3H3. The summed E-state index contributed by atoms with van der Waals surface area (Å²) >= 11 is 1.72. The summed E-state index contributed by atoms with van der Waals surface area (Å²) in [6.07, 6.45) is 8.91. The molecule has 0 fully saturated rings. The maximum Gasteiger partial charge on any atom is 0.307 e. The topological polar surface area (TPSA) is 64.0 Å². The Labute approximate surface area is 334 Å². The molecule has 5 aromatic carbocycles. The zero-order valence-electron chi connectivity index (χ0n) is 34.0. The maximum atomic E-state index is 12.3. The molecule has 2 N–H and O–H groups in total. The molecule has 55 heavy (non-hydrogen) atoms. The Hall–Kier alpha value is -4.52. The highest BCUT2D eigenvalue weighted by atomic mass is 32.2. The van der Waals surface area contributed by atoms with Gasteiger partial charge in [0.25, 0.3) is 0 Å². The third-order valence-electron chi connectivity index (χ3n) is 10.2. The van der Waals surface area contributed by atoms with Crippen LogP contribution < -0.4 is 9.21 Å². The van der Waals surface area contributed by atoms with Crippen molar-refractivity contribution in [3.8, 4) is 22.3 Å². The molecule has 1 aliphatic heterocycles. The number of rotatable bonds is 15. The number of hydrogen-bond donors (Lipinski definition) is 2. The molecule has 5 aromatic rings. The summed E-state index contributed by atoms with van der Waals surface area (Å²) in [6, 6.07) is 37.3. The molecule has 0 atom stereocenters. The van der Waals surface area contributed by atoms with Crippen molar-refractivity contribution in [2.45, 2.75) is 98.6 Å². The lowest BCUT2D eigenvalue weighted by molar-refractivity contribution is -0.136. The van der Waals surface area contributed by atoms with E-state index in [9.17, 15) is 9.90 Å². The van der Waals surface area contributed by atoms with Crippen molar-refractivity contribution < 1.29 is 15.0 Å². The van der Waals surface area contributed by atoms with E-state index in [1.165, 1.54) is 39.1 Å². The van der Waals surface area contributed by atoms with Gasteiger partial charge in [0.2, 0.25) is 0 Å². The molecule has 0 bridgehead atoms. The van der Waals surface area contributed by atoms with Gasteiger partial charge < -0.3 is 19.4 Å². The first-order valence-electron chi connectivity index (χ1n) is 19.8. The van der Waals surface area contributed by atoms with Gasteiger partial charge >= 0.3 is 5.97 Å². The number of aliphatic hydroxyl groups is 1. The van der Waals surface area contributed by atoms with E-state index in [1.54, 1.807) is 32.7 Å². The van der Waals surface area contributed by atoms with Gasteiger partial charge in [-0.25, -0.2) is 0 Å². The largest absolute Gasteiger partial charge is 0.481 e. The fourth-order valence-corrected chi connectivity index (χ4v) is 8.29. The van der Waals surface area contributed by atoms with Crippen molar-refractivity contribution in [1.29, 1.82) is 0 Å². The number of benzene rings is 5. The van der Waals surface area contributed by atoms with Gasteiger partial charge in [-0.2, -0.15) is 0 Å². The third kappa shape index (κ3) is 11.5. The van der Waals surface area contributed by atoms with Gasteiger partial charge in [0.15, 0.2) is 0 Å². The third-order valence-corrected chi connectivity index (χ3v) is 11.0. The smallest absolute Gasteiger partial charge is 0.307 e. The van der Waals surface area contributed by atoms with Gasteiger partial charge in [-0.15, -0.1) is 0 Å². The molecule has 0 unspecified atom stereocenters. The molecular formula is C49H60N2O3S. The Balaban J connectivity index is 0.00000109. The molecule has 0 amide bonds. The van der Waals surface area contributed by atoms with Crippen LogP contribution in [-0.2, 0) is 30.6 Å². The van der Waals surface area contributed by atoms with Crippen molar-refractivity contribution >= 4 is 29.3 Å². The van der Waals surface area contributed by atoms with Gasteiger partial charge in [0.05, 0.1) is 24.3 Å². The van der Waals surface area contributed by atoms with Crippen molar-refractivity contribution in [2.75, 3.05) is 28.6 Å². The van der Waals surface area contributed by atoms with Gasteiger partial charge in [-0.3, -0.25) is 4.79 Å². The van der Waals surface area contributed by atoms with Crippen molar-refractivity contribution in [3.63, 3.8) is 0 Å². The fourth-order valence-electron chi connectivity index (χ4n) is 7.62. The van der Waals surface area contributed by atoms with Gasteiger partial charge in [0.1, 0.15) is 0 Å². The number of aryl methyl sites for hydroxylation is 3. The van der Waals surface area contributed by atoms with Crippen LogP contribution in [0.2, 0.25) is 0 Å². The Morgan fingerprint density at radius 1 is 0.745 bits per heavy atom. The van der Waals surface area contributed by atoms with Gasteiger partial charge in [-0.05, 0) is 142 Å². The number of unbranched alkanes of at least 4 members (excludes halogenated alkanes) is 2. The first-order valence-corrected chi connectivity index (χ1v) is 21.0. The van der Waals surface area contributed by atoms with Crippen LogP contribution in [0.1, 0.15) is 85.4 Å². The average Bonchev–Trinajstić information content (AvgIpc) is 3.16. The first-order chi connectivity index (χ1) is 26.3. The Kier molecular flexibility index (Phi) is 14.7. The van der Waals surface area contributed by atoms with Crippen LogP contribution in [0.4, 0.5) is 11.4 Å².